The van der Waals surface area contributed by atoms with Crippen molar-refractivity contribution in [1.82, 2.24) is 5.32 Å². The van der Waals surface area contributed by atoms with E-state index in [0.717, 1.165) is 16.5 Å². The quantitative estimate of drug-likeness (QED) is 0.500. The highest BCUT2D eigenvalue weighted by atomic mass is 127. The zero-order valence-corrected chi connectivity index (χ0v) is 14.8. The molecule has 0 aliphatic carbocycles. The molecule has 0 saturated carbocycles. The van der Waals surface area contributed by atoms with Gasteiger partial charge in [0.15, 0.2) is 0 Å². The van der Waals surface area contributed by atoms with Crippen LogP contribution in [0.15, 0.2) is 18.2 Å². The van der Waals surface area contributed by atoms with Crippen molar-refractivity contribution >= 4 is 51.9 Å². The number of hydrogen-bond donors (Lipinski definition) is 1. The molecule has 0 aliphatic rings. The summed E-state index contributed by atoms with van der Waals surface area (Å²) in [6.45, 7) is 0.737. The zero-order valence-electron chi connectivity index (χ0n) is 11.0. The lowest BCUT2D eigenvalue weighted by atomic mass is 10.2. The van der Waals surface area contributed by atoms with Gasteiger partial charge in [-0.05, 0) is 65.6 Å². The second-order valence-electron chi connectivity index (χ2n) is 4.29. The van der Waals surface area contributed by atoms with Crippen LogP contribution >= 0.6 is 46.0 Å². The van der Waals surface area contributed by atoms with Crippen molar-refractivity contribution in [2.24, 2.45) is 0 Å². The van der Waals surface area contributed by atoms with Gasteiger partial charge in [-0.3, -0.25) is 4.79 Å². The molecule has 1 amide bonds. The number of halogens is 2. The third-order valence-electron chi connectivity index (χ3n) is 2.73. The largest absolute Gasteiger partial charge is 0.352 e. The van der Waals surface area contributed by atoms with Gasteiger partial charge in [0.2, 0.25) is 0 Å². The van der Waals surface area contributed by atoms with Crippen LogP contribution in [0, 0.1) is 3.57 Å². The van der Waals surface area contributed by atoms with Crippen LogP contribution in [0.3, 0.4) is 0 Å². The van der Waals surface area contributed by atoms with Gasteiger partial charge < -0.3 is 5.32 Å². The molecule has 1 rings (SSSR count). The van der Waals surface area contributed by atoms with Crippen LogP contribution in [-0.4, -0.2) is 24.5 Å². The molecule has 106 valence electrons. The number of rotatable bonds is 8. The maximum absolute atomic E-state index is 12.0. The Labute approximate surface area is 138 Å². The number of carbonyl (C=O) groups is 1. The van der Waals surface area contributed by atoms with Gasteiger partial charge >= 0.3 is 0 Å². The molecule has 5 heteroatoms. The minimum atomic E-state index is -0.0315. The Kier molecular flexibility index (Phi) is 8.90. The summed E-state index contributed by atoms with van der Waals surface area (Å²) >= 11 is 9.95. The van der Waals surface area contributed by atoms with Crippen molar-refractivity contribution in [3.8, 4) is 0 Å². The Morgan fingerprint density at radius 3 is 2.79 bits per heavy atom. The number of amides is 1. The number of benzene rings is 1. The van der Waals surface area contributed by atoms with Gasteiger partial charge in [-0.2, -0.15) is 11.8 Å². The molecule has 1 aromatic rings. The standard InChI is InChI=1S/C14H19ClINOS/c1-19-9-5-3-2-4-8-17-14(18)12-10-11(15)6-7-13(12)16/h6-7,10H,2-5,8-9H2,1H3,(H,17,18). The summed E-state index contributed by atoms with van der Waals surface area (Å²) < 4.78 is 0.930. The Balaban J connectivity index is 2.26. The lowest BCUT2D eigenvalue weighted by Crippen LogP contribution is -2.25. The Morgan fingerprint density at radius 1 is 1.32 bits per heavy atom. The molecule has 0 heterocycles. The molecule has 0 fully saturated rings. The van der Waals surface area contributed by atoms with Crippen molar-refractivity contribution in [2.45, 2.75) is 25.7 Å². The lowest BCUT2D eigenvalue weighted by molar-refractivity contribution is 0.0952. The van der Waals surface area contributed by atoms with Crippen molar-refractivity contribution in [3.63, 3.8) is 0 Å². The maximum atomic E-state index is 12.0. The molecule has 2 nitrogen and oxygen atoms in total. The number of nitrogens with one attached hydrogen (secondary N) is 1. The van der Waals surface area contributed by atoms with Crippen LogP contribution in [0.1, 0.15) is 36.0 Å². The van der Waals surface area contributed by atoms with Crippen LogP contribution in [0.25, 0.3) is 0 Å². The summed E-state index contributed by atoms with van der Waals surface area (Å²) in [6, 6.07) is 5.38. The second-order valence-corrected chi connectivity index (χ2v) is 6.87. The molecule has 0 unspecified atom stereocenters. The van der Waals surface area contributed by atoms with Crippen LogP contribution in [0.5, 0.6) is 0 Å². The van der Waals surface area contributed by atoms with E-state index in [1.807, 2.05) is 17.8 Å². The molecule has 19 heavy (non-hydrogen) atoms. The first-order chi connectivity index (χ1) is 9.15. The first kappa shape index (κ1) is 17.1. The van der Waals surface area contributed by atoms with Gasteiger partial charge in [-0.15, -0.1) is 0 Å². The summed E-state index contributed by atoms with van der Waals surface area (Å²) in [4.78, 5) is 12.0. The van der Waals surface area contributed by atoms with E-state index in [-0.39, 0.29) is 5.91 Å². The average Bonchev–Trinajstić information content (AvgIpc) is 2.40. The molecular formula is C14H19ClINOS. The minimum absolute atomic E-state index is 0.0315. The van der Waals surface area contributed by atoms with E-state index in [4.69, 9.17) is 11.6 Å². The summed E-state index contributed by atoms with van der Waals surface area (Å²) in [5.74, 6) is 1.20. The molecule has 0 aliphatic heterocycles. The molecule has 1 aromatic carbocycles. The molecule has 0 radical (unpaired) electrons. The lowest BCUT2D eigenvalue weighted by Gasteiger charge is -2.07. The van der Waals surface area contributed by atoms with Crippen LogP contribution in [0.4, 0.5) is 0 Å². The van der Waals surface area contributed by atoms with Gasteiger partial charge in [-0.1, -0.05) is 24.4 Å². The van der Waals surface area contributed by atoms with Gasteiger partial charge in [0.25, 0.3) is 5.91 Å². The SMILES string of the molecule is CSCCCCCCNC(=O)c1cc(Cl)ccc1I. The molecule has 1 N–H and O–H groups in total. The highest BCUT2D eigenvalue weighted by molar-refractivity contribution is 14.1. The van der Waals surface area contributed by atoms with Crippen molar-refractivity contribution < 1.29 is 4.79 Å². The summed E-state index contributed by atoms with van der Waals surface area (Å²) in [5.41, 5.74) is 0.662. The summed E-state index contributed by atoms with van der Waals surface area (Å²) in [6.07, 6.45) is 6.85. The van der Waals surface area contributed by atoms with Crippen LogP contribution < -0.4 is 5.32 Å². The summed E-state index contributed by atoms with van der Waals surface area (Å²) in [7, 11) is 0. The molecule has 0 atom stereocenters. The fourth-order valence-corrected chi connectivity index (χ4v) is 2.94. The minimum Gasteiger partial charge on any atom is -0.352 e. The van der Waals surface area contributed by atoms with Crippen molar-refractivity contribution in [3.05, 3.63) is 32.4 Å². The highest BCUT2D eigenvalue weighted by Gasteiger charge is 2.09. The molecule has 0 bridgehead atoms. The molecular weight excluding hydrogens is 393 g/mol. The average molecular weight is 412 g/mol. The topological polar surface area (TPSA) is 29.1 Å². The smallest absolute Gasteiger partial charge is 0.252 e. The number of hydrogen-bond acceptors (Lipinski definition) is 2. The zero-order chi connectivity index (χ0) is 14.1. The van der Waals surface area contributed by atoms with Crippen molar-refractivity contribution in [1.29, 1.82) is 0 Å². The normalized spacial score (nSPS) is 10.5. The highest BCUT2D eigenvalue weighted by Crippen LogP contribution is 2.17. The van der Waals surface area contributed by atoms with Crippen LogP contribution in [-0.2, 0) is 0 Å². The van der Waals surface area contributed by atoms with Gasteiger partial charge in [0, 0.05) is 15.1 Å². The van der Waals surface area contributed by atoms with E-state index < -0.39 is 0 Å². The molecule has 0 saturated heterocycles. The van der Waals surface area contributed by atoms with Crippen molar-refractivity contribution in [2.75, 3.05) is 18.6 Å². The van der Waals surface area contributed by atoms with Gasteiger partial charge in [0.1, 0.15) is 0 Å². The number of carbonyl (C=O) groups excluding carboxylic acids is 1. The van der Waals surface area contributed by atoms with E-state index in [2.05, 4.69) is 34.2 Å². The van der Waals surface area contributed by atoms with E-state index in [0.29, 0.717) is 10.6 Å². The monoisotopic (exact) mass is 411 g/mol. The van der Waals surface area contributed by atoms with E-state index in [1.54, 1.807) is 12.1 Å². The Bertz CT molecular complexity index is 414. The first-order valence-electron chi connectivity index (χ1n) is 6.37. The van der Waals surface area contributed by atoms with Gasteiger partial charge in [-0.25, -0.2) is 0 Å². The van der Waals surface area contributed by atoms with E-state index in [1.165, 1.54) is 25.0 Å². The molecule has 0 spiro atoms. The second kappa shape index (κ2) is 9.88. The third kappa shape index (κ3) is 6.86. The predicted octanol–water partition coefficient (Wildman–Crippen LogP) is 4.60. The number of thioether (sulfide) groups is 1. The van der Waals surface area contributed by atoms with Gasteiger partial charge in [0.05, 0.1) is 5.56 Å². The van der Waals surface area contributed by atoms with E-state index >= 15 is 0 Å². The fourth-order valence-electron chi connectivity index (χ4n) is 1.69. The Hall–Kier alpha value is 0.0600. The fraction of sp³-hybridized carbons (Fsp3) is 0.500. The maximum Gasteiger partial charge on any atom is 0.252 e. The molecule has 0 aromatic heterocycles. The third-order valence-corrected chi connectivity index (χ3v) is 4.61. The first-order valence-corrected chi connectivity index (χ1v) is 9.22. The number of unbranched alkanes of at least 4 members (excludes halogenated alkanes) is 3. The predicted molar refractivity (Wildman–Crippen MR) is 93.4 cm³/mol. The van der Waals surface area contributed by atoms with Crippen LogP contribution in [0.2, 0.25) is 5.02 Å². The van der Waals surface area contributed by atoms with E-state index in [9.17, 15) is 4.79 Å². The summed E-state index contributed by atoms with van der Waals surface area (Å²) in [5, 5.41) is 3.55. The Morgan fingerprint density at radius 2 is 2.05 bits per heavy atom.